The van der Waals surface area contributed by atoms with E-state index in [2.05, 4.69) is 35.6 Å². The van der Waals surface area contributed by atoms with Gasteiger partial charge in [0.05, 0.1) is 5.69 Å². The van der Waals surface area contributed by atoms with Crippen molar-refractivity contribution in [3.8, 4) is 10.6 Å². The summed E-state index contributed by atoms with van der Waals surface area (Å²) in [6, 6.07) is 11.3. The summed E-state index contributed by atoms with van der Waals surface area (Å²) in [5.41, 5.74) is 2.63. The van der Waals surface area contributed by atoms with Gasteiger partial charge in [-0.15, -0.1) is 11.3 Å². The molecule has 4 rings (SSSR count). The highest BCUT2D eigenvalue weighted by molar-refractivity contribution is 7.15. The summed E-state index contributed by atoms with van der Waals surface area (Å²) in [7, 11) is 0. The number of benzene rings is 1. The molecule has 2 aliphatic rings. The standard InChI is InChI=1S/C16H18N2S/c1-2-4-12(5-3-1)16-18-15(11-6-7-11)14(19-16)10-17-13-8-9-13/h1-5,11,13,17H,6-10H2. The molecule has 98 valence electrons. The molecule has 2 saturated carbocycles. The zero-order chi connectivity index (χ0) is 12.7. The number of nitrogens with zero attached hydrogens (tertiary/aromatic N) is 1. The molecule has 1 N–H and O–H groups in total. The highest BCUT2D eigenvalue weighted by atomic mass is 32.1. The van der Waals surface area contributed by atoms with Gasteiger partial charge in [-0.05, 0) is 25.7 Å². The maximum Gasteiger partial charge on any atom is 0.123 e. The maximum atomic E-state index is 4.92. The summed E-state index contributed by atoms with van der Waals surface area (Å²) in [5, 5.41) is 4.82. The average molecular weight is 270 g/mol. The Kier molecular flexibility index (Phi) is 2.89. The lowest BCUT2D eigenvalue weighted by Gasteiger charge is -2.01. The average Bonchev–Trinajstić information content (AvgIpc) is 3.37. The van der Waals surface area contributed by atoms with Crippen molar-refractivity contribution in [1.82, 2.24) is 10.3 Å². The summed E-state index contributed by atoms with van der Waals surface area (Å²) in [6.07, 6.45) is 5.36. The Labute approximate surface area is 117 Å². The molecule has 3 heteroatoms. The molecule has 0 aliphatic heterocycles. The van der Waals surface area contributed by atoms with Crippen molar-refractivity contribution in [3.63, 3.8) is 0 Å². The van der Waals surface area contributed by atoms with Crippen LogP contribution in [0.2, 0.25) is 0 Å². The molecular weight excluding hydrogens is 252 g/mol. The minimum absolute atomic E-state index is 0.740. The highest BCUT2D eigenvalue weighted by Gasteiger charge is 2.30. The van der Waals surface area contributed by atoms with Crippen LogP contribution in [0.25, 0.3) is 10.6 Å². The largest absolute Gasteiger partial charge is 0.309 e. The van der Waals surface area contributed by atoms with Gasteiger partial charge < -0.3 is 5.32 Å². The predicted octanol–water partition coefficient (Wildman–Crippen LogP) is 3.94. The van der Waals surface area contributed by atoms with Crippen LogP contribution in [0.4, 0.5) is 0 Å². The van der Waals surface area contributed by atoms with Crippen molar-refractivity contribution in [2.45, 2.75) is 44.2 Å². The smallest absolute Gasteiger partial charge is 0.123 e. The first-order valence-electron chi connectivity index (χ1n) is 7.18. The van der Waals surface area contributed by atoms with E-state index in [-0.39, 0.29) is 0 Å². The third-order valence-electron chi connectivity index (χ3n) is 3.84. The number of hydrogen-bond donors (Lipinski definition) is 1. The normalized spacial score (nSPS) is 18.7. The van der Waals surface area contributed by atoms with Crippen LogP contribution >= 0.6 is 11.3 Å². The molecule has 0 saturated heterocycles. The second-order valence-corrected chi connectivity index (χ2v) is 6.71. The van der Waals surface area contributed by atoms with Crippen LogP contribution in [0.3, 0.4) is 0 Å². The van der Waals surface area contributed by atoms with Crippen LogP contribution in [0.1, 0.15) is 42.2 Å². The minimum atomic E-state index is 0.740. The Morgan fingerprint density at radius 2 is 1.89 bits per heavy atom. The van der Waals surface area contributed by atoms with Gasteiger partial charge in [0.15, 0.2) is 0 Å². The van der Waals surface area contributed by atoms with Crippen LogP contribution in [0.5, 0.6) is 0 Å². The summed E-state index contributed by atoms with van der Waals surface area (Å²) < 4.78 is 0. The summed E-state index contributed by atoms with van der Waals surface area (Å²) in [5.74, 6) is 0.740. The van der Waals surface area contributed by atoms with E-state index in [1.54, 1.807) is 0 Å². The van der Waals surface area contributed by atoms with E-state index in [1.165, 1.54) is 46.8 Å². The zero-order valence-corrected chi connectivity index (χ0v) is 11.7. The third-order valence-corrected chi connectivity index (χ3v) is 4.96. The Morgan fingerprint density at radius 1 is 1.11 bits per heavy atom. The van der Waals surface area contributed by atoms with E-state index in [1.807, 2.05) is 11.3 Å². The molecule has 0 amide bonds. The van der Waals surface area contributed by atoms with Crippen LogP contribution in [-0.2, 0) is 6.54 Å². The fraction of sp³-hybridized carbons (Fsp3) is 0.438. The molecule has 0 atom stereocenters. The Bertz CT molecular complexity index is 568. The molecule has 0 radical (unpaired) electrons. The minimum Gasteiger partial charge on any atom is -0.309 e. The molecule has 2 aromatic rings. The van der Waals surface area contributed by atoms with E-state index < -0.39 is 0 Å². The summed E-state index contributed by atoms with van der Waals surface area (Å²) in [4.78, 5) is 6.39. The van der Waals surface area contributed by atoms with Crippen LogP contribution in [0, 0.1) is 0 Å². The molecule has 2 aliphatic carbocycles. The van der Waals surface area contributed by atoms with Crippen molar-refractivity contribution in [2.24, 2.45) is 0 Å². The molecule has 0 unspecified atom stereocenters. The third kappa shape index (κ3) is 2.58. The number of aromatic nitrogens is 1. The van der Waals surface area contributed by atoms with Gasteiger partial charge >= 0.3 is 0 Å². The van der Waals surface area contributed by atoms with Gasteiger partial charge in [0.2, 0.25) is 0 Å². The Morgan fingerprint density at radius 3 is 2.58 bits per heavy atom. The second-order valence-electron chi connectivity index (χ2n) is 5.62. The Hall–Kier alpha value is -1.19. The second kappa shape index (κ2) is 4.73. The van der Waals surface area contributed by atoms with Gasteiger partial charge in [0, 0.05) is 28.9 Å². The number of hydrogen-bond acceptors (Lipinski definition) is 3. The molecule has 19 heavy (non-hydrogen) atoms. The molecule has 2 fully saturated rings. The van der Waals surface area contributed by atoms with Gasteiger partial charge in [-0.1, -0.05) is 30.3 Å². The molecule has 1 aromatic heterocycles. The Balaban J connectivity index is 1.62. The fourth-order valence-electron chi connectivity index (χ4n) is 2.39. The molecule has 0 bridgehead atoms. The zero-order valence-electron chi connectivity index (χ0n) is 10.9. The first-order valence-corrected chi connectivity index (χ1v) is 8.00. The van der Waals surface area contributed by atoms with Crippen molar-refractivity contribution >= 4 is 11.3 Å². The summed E-state index contributed by atoms with van der Waals surface area (Å²) >= 11 is 1.88. The van der Waals surface area contributed by atoms with E-state index in [0.29, 0.717) is 0 Å². The van der Waals surface area contributed by atoms with Gasteiger partial charge in [0.1, 0.15) is 5.01 Å². The summed E-state index contributed by atoms with van der Waals surface area (Å²) in [6.45, 7) is 1.01. The quantitative estimate of drug-likeness (QED) is 0.890. The van der Waals surface area contributed by atoms with E-state index in [9.17, 15) is 0 Å². The molecule has 2 nitrogen and oxygen atoms in total. The monoisotopic (exact) mass is 270 g/mol. The van der Waals surface area contributed by atoms with Crippen molar-refractivity contribution in [1.29, 1.82) is 0 Å². The van der Waals surface area contributed by atoms with Crippen molar-refractivity contribution in [2.75, 3.05) is 0 Å². The van der Waals surface area contributed by atoms with Crippen molar-refractivity contribution in [3.05, 3.63) is 40.9 Å². The van der Waals surface area contributed by atoms with E-state index in [4.69, 9.17) is 4.98 Å². The maximum absolute atomic E-state index is 4.92. The number of thiazole rings is 1. The first kappa shape index (κ1) is 11.6. The highest BCUT2D eigenvalue weighted by Crippen LogP contribution is 2.44. The van der Waals surface area contributed by atoms with E-state index in [0.717, 1.165) is 18.5 Å². The number of nitrogens with one attached hydrogen (secondary N) is 1. The van der Waals surface area contributed by atoms with Crippen molar-refractivity contribution < 1.29 is 0 Å². The van der Waals surface area contributed by atoms with Crippen LogP contribution in [0.15, 0.2) is 30.3 Å². The SMILES string of the molecule is c1ccc(-c2nc(C3CC3)c(CNC3CC3)s2)cc1. The van der Waals surface area contributed by atoms with Gasteiger partial charge in [-0.2, -0.15) is 0 Å². The predicted molar refractivity (Wildman–Crippen MR) is 79.4 cm³/mol. The molecule has 0 spiro atoms. The number of rotatable bonds is 5. The van der Waals surface area contributed by atoms with Crippen LogP contribution in [-0.4, -0.2) is 11.0 Å². The van der Waals surface area contributed by atoms with E-state index >= 15 is 0 Å². The van der Waals surface area contributed by atoms with Crippen LogP contribution < -0.4 is 5.32 Å². The molecule has 1 aromatic carbocycles. The lowest BCUT2D eigenvalue weighted by molar-refractivity contribution is 0.688. The first-order chi connectivity index (χ1) is 9.40. The molecular formula is C16H18N2S. The van der Waals surface area contributed by atoms with Gasteiger partial charge in [-0.25, -0.2) is 4.98 Å². The fourth-order valence-corrected chi connectivity index (χ4v) is 3.50. The topological polar surface area (TPSA) is 24.9 Å². The van der Waals surface area contributed by atoms with Gasteiger partial charge in [-0.3, -0.25) is 0 Å². The van der Waals surface area contributed by atoms with Gasteiger partial charge in [0.25, 0.3) is 0 Å². The lowest BCUT2D eigenvalue weighted by Crippen LogP contribution is -2.15. The lowest BCUT2D eigenvalue weighted by atomic mass is 10.2. The molecule has 1 heterocycles.